The van der Waals surface area contributed by atoms with Crippen molar-refractivity contribution in [2.45, 2.75) is 18.6 Å². The van der Waals surface area contributed by atoms with Gasteiger partial charge in [0.1, 0.15) is 0 Å². The molecule has 0 aliphatic carbocycles. The Morgan fingerprint density at radius 2 is 1.85 bits per heavy atom. The van der Waals surface area contributed by atoms with Crippen molar-refractivity contribution in [1.29, 1.82) is 0 Å². The third kappa shape index (κ3) is 5.02. The van der Waals surface area contributed by atoms with E-state index in [1.54, 1.807) is 17.0 Å². The molecule has 0 spiro atoms. The lowest BCUT2D eigenvalue weighted by atomic mass is 10.2. The fourth-order valence-corrected chi connectivity index (χ4v) is 4.50. The Kier molecular flexibility index (Phi) is 6.26. The van der Waals surface area contributed by atoms with Gasteiger partial charge >= 0.3 is 0 Å². The van der Waals surface area contributed by atoms with Crippen LogP contribution in [0.25, 0.3) is 0 Å². The molecule has 2 aliphatic rings. The van der Waals surface area contributed by atoms with Gasteiger partial charge in [-0.25, -0.2) is 8.42 Å². The summed E-state index contributed by atoms with van der Waals surface area (Å²) in [6.07, 6.45) is 0.711. The Hall–Kier alpha value is -1.51. The second-order valence-corrected chi connectivity index (χ2v) is 8.88. The maximum absolute atomic E-state index is 12.4. The van der Waals surface area contributed by atoms with Crippen LogP contribution >= 0.6 is 11.6 Å². The van der Waals surface area contributed by atoms with Crippen LogP contribution in [0.2, 0.25) is 5.02 Å². The van der Waals surface area contributed by atoms with Crippen molar-refractivity contribution in [2.75, 3.05) is 45.3 Å². The van der Waals surface area contributed by atoms with Crippen LogP contribution in [0, 0.1) is 0 Å². The van der Waals surface area contributed by atoms with E-state index in [9.17, 15) is 13.2 Å². The summed E-state index contributed by atoms with van der Waals surface area (Å²) in [4.78, 5) is 13.8. The highest BCUT2D eigenvalue weighted by Gasteiger charge is 2.22. The van der Waals surface area contributed by atoms with Gasteiger partial charge in [0.15, 0.2) is 21.3 Å². The van der Waals surface area contributed by atoms with Gasteiger partial charge in [0.05, 0.1) is 43.0 Å². The highest BCUT2D eigenvalue weighted by Crippen LogP contribution is 2.38. The van der Waals surface area contributed by atoms with Gasteiger partial charge in [0.2, 0.25) is 5.91 Å². The van der Waals surface area contributed by atoms with Crippen molar-refractivity contribution < 1.29 is 27.4 Å². The molecular formula is C17H22ClNO6S. The van der Waals surface area contributed by atoms with Crippen molar-refractivity contribution in [3.63, 3.8) is 0 Å². The molecule has 144 valence electrons. The molecular weight excluding hydrogens is 382 g/mol. The summed E-state index contributed by atoms with van der Waals surface area (Å²) in [6, 6.07) is 3.23. The Balaban J connectivity index is 1.62. The zero-order valence-corrected chi connectivity index (χ0v) is 16.0. The number of amides is 1. The largest absolute Gasteiger partial charge is 0.489 e. The molecule has 1 fully saturated rings. The minimum Gasteiger partial charge on any atom is -0.489 e. The molecule has 1 amide bonds. The number of nitrogens with zero attached hydrogens (tertiary/aromatic N) is 1. The van der Waals surface area contributed by atoms with E-state index in [0.29, 0.717) is 61.6 Å². The molecule has 26 heavy (non-hydrogen) atoms. The lowest BCUT2D eigenvalue weighted by Gasteiger charge is -2.26. The lowest BCUT2D eigenvalue weighted by molar-refractivity contribution is -0.134. The summed E-state index contributed by atoms with van der Waals surface area (Å²) in [5, 5.41) is 0.332. The maximum atomic E-state index is 12.4. The third-order valence-electron chi connectivity index (χ3n) is 4.24. The van der Waals surface area contributed by atoms with Crippen molar-refractivity contribution in [1.82, 2.24) is 4.90 Å². The quantitative estimate of drug-likeness (QED) is 0.743. The van der Waals surface area contributed by atoms with Gasteiger partial charge in [-0.2, -0.15) is 0 Å². The number of fused-ring (bicyclic) bond motifs is 1. The van der Waals surface area contributed by atoms with Crippen molar-refractivity contribution in [3.05, 3.63) is 22.7 Å². The van der Waals surface area contributed by atoms with Gasteiger partial charge in [-0.15, -0.1) is 0 Å². The minimum atomic E-state index is -3.45. The molecule has 9 heteroatoms. The summed E-state index contributed by atoms with van der Waals surface area (Å²) in [5.41, 5.74) is 0.526. The number of benzene rings is 1. The molecule has 2 heterocycles. The SMILES string of the molecule is O=C(CCS(=O)(=O)Cc1cc(Cl)c2c(c1)OCCCO2)N1CCOCC1. The summed E-state index contributed by atoms with van der Waals surface area (Å²) in [6.45, 7) is 3.01. The predicted molar refractivity (Wildman–Crippen MR) is 96.6 cm³/mol. The average Bonchev–Trinajstić information content (AvgIpc) is 2.86. The van der Waals surface area contributed by atoms with Crippen LogP contribution in [0.4, 0.5) is 0 Å². The molecule has 1 aromatic rings. The van der Waals surface area contributed by atoms with E-state index in [2.05, 4.69) is 0 Å². The molecule has 0 unspecified atom stereocenters. The molecule has 0 aromatic heterocycles. The van der Waals surface area contributed by atoms with Crippen LogP contribution in [0.5, 0.6) is 11.5 Å². The van der Waals surface area contributed by atoms with E-state index < -0.39 is 9.84 Å². The standard InChI is InChI=1S/C17H22ClNO6S/c18-14-10-13(11-15-17(14)25-6-1-5-24-15)12-26(21,22)9-2-16(20)19-3-7-23-8-4-19/h10-11H,1-9,12H2. The Morgan fingerprint density at radius 1 is 1.12 bits per heavy atom. The Labute approximate surface area is 158 Å². The van der Waals surface area contributed by atoms with Gasteiger partial charge in [0, 0.05) is 25.9 Å². The van der Waals surface area contributed by atoms with E-state index in [4.69, 9.17) is 25.8 Å². The monoisotopic (exact) mass is 403 g/mol. The zero-order valence-electron chi connectivity index (χ0n) is 14.4. The van der Waals surface area contributed by atoms with Gasteiger partial charge in [-0.3, -0.25) is 4.79 Å². The highest BCUT2D eigenvalue weighted by atomic mass is 35.5. The molecule has 0 radical (unpaired) electrons. The number of rotatable bonds is 5. The normalized spacial score (nSPS) is 17.7. The summed E-state index contributed by atoms with van der Waals surface area (Å²) >= 11 is 6.21. The van der Waals surface area contributed by atoms with Crippen LogP contribution in [0.1, 0.15) is 18.4 Å². The van der Waals surface area contributed by atoms with Crippen LogP contribution in [0.15, 0.2) is 12.1 Å². The van der Waals surface area contributed by atoms with E-state index in [1.807, 2.05) is 0 Å². The Morgan fingerprint density at radius 3 is 2.62 bits per heavy atom. The number of halogens is 1. The average molecular weight is 404 g/mol. The van der Waals surface area contributed by atoms with E-state index in [0.717, 1.165) is 6.42 Å². The first-order chi connectivity index (χ1) is 12.4. The highest BCUT2D eigenvalue weighted by molar-refractivity contribution is 7.90. The molecule has 7 nitrogen and oxygen atoms in total. The molecule has 1 aromatic carbocycles. The maximum Gasteiger partial charge on any atom is 0.223 e. The first kappa shape index (κ1) is 19.3. The zero-order chi connectivity index (χ0) is 18.6. The van der Waals surface area contributed by atoms with Crippen LogP contribution < -0.4 is 9.47 Å². The van der Waals surface area contributed by atoms with Crippen LogP contribution in [-0.2, 0) is 25.1 Å². The van der Waals surface area contributed by atoms with Crippen LogP contribution in [0.3, 0.4) is 0 Å². The van der Waals surface area contributed by atoms with Gasteiger partial charge in [-0.05, 0) is 17.7 Å². The second-order valence-electron chi connectivity index (χ2n) is 6.29. The fourth-order valence-electron chi connectivity index (χ4n) is 2.91. The second kappa shape index (κ2) is 8.45. The van der Waals surface area contributed by atoms with Crippen LogP contribution in [-0.4, -0.2) is 64.5 Å². The predicted octanol–water partition coefficient (Wildman–Crippen LogP) is 1.67. The number of hydrogen-bond donors (Lipinski definition) is 0. The van der Waals surface area contributed by atoms with Crippen molar-refractivity contribution in [3.8, 4) is 11.5 Å². The molecule has 0 N–H and O–H groups in total. The summed E-state index contributed by atoms with van der Waals surface area (Å²) in [5.74, 6) is 0.362. The summed E-state index contributed by atoms with van der Waals surface area (Å²) in [7, 11) is -3.45. The van der Waals surface area contributed by atoms with E-state index in [-0.39, 0.29) is 23.8 Å². The number of hydrogen-bond acceptors (Lipinski definition) is 6. The summed E-state index contributed by atoms with van der Waals surface area (Å²) < 4.78 is 41.2. The van der Waals surface area contributed by atoms with Crippen molar-refractivity contribution >= 4 is 27.3 Å². The number of morpholine rings is 1. The van der Waals surface area contributed by atoms with Gasteiger partial charge in [-0.1, -0.05) is 11.6 Å². The first-order valence-electron chi connectivity index (χ1n) is 8.58. The van der Waals surface area contributed by atoms with Crippen molar-refractivity contribution in [2.24, 2.45) is 0 Å². The van der Waals surface area contributed by atoms with Gasteiger partial charge in [0.25, 0.3) is 0 Å². The van der Waals surface area contributed by atoms with E-state index >= 15 is 0 Å². The molecule has 0 bridgehead atoms. The fraction of sp³-hybridized carbons (Fsp3) is 0.588. The molecule has 0 atom stereocenters. The smallest absolute Gasteiger partial charge is 0.223 e. The number of carbonyl (C=O) groups excluding carboxylic acids is 1. The molecule has 0 saturated carbocycles. The molecule has 2 aliphatic heterocycles. The minimum absolute atomic E-state index is 0.0272. The third-order valence-corrected chi connectivity index (χ3v) is 6.12. The van der Waals surface area contributed by atoms with E-state index in [1.165, 1.54) is 0 Å². The van der Waals surface area contributed by atoms with Gasteiger partial charge < -0.3 is 19.1 Å². The number of sulfone groups is 1. The Bertz CT molecular complexity index is 761. The molecule has 1 saturated heterocycles. The lowest BCUT2D eigenvalue weighted by Crippen LogP contribution is -2.41. The number of carbonyl (C=O) groups is 1. The topological polar surface area (TPSA) is 82.1 Å². The first-order valence-corrected chi connectivity index (χ1v) is 10.8. The number of ether oxygens (including phenoxy) is 3. The molecule has 3 rings (SSSR count).